The van der Waals surface area contributed by atoms with E-state index in [-0.39, 0.29) is 11.4 Å². The maximum atomic E-state index is 13.0. The lowest BCUT2D eigenvalue weighted by atomic mass is 10.0. The van der Waals surface area contributed by atoms with Gasteiger partial charge in [0, 0.05) is 12.5 Å². The van der Waals surface area contributed by atoms with E-state index in [9.17, 15) is 17.6 Å². The molecule has 0 aliphatic carbocycles. The third-order valence-corrected chi connectivity index (χ3v) is 2.42. The van der Waals surface area contributed by atoms with E-state index >= 15 is 0 Å². The second-order valence-corrected chi connectivity index (χ2v) is 3.84. The Balaban J connectivity index is 2.66. The molecule has 0 bridgehead atoms. The highest BCUT2D eigenvalue weighted by Gasteiger charge is 2.27. The van der Waals surface area contributed by atoms with E-state index in [2.05, 4.69) is 0 Å². The Labute approximate surface area is 95.2 Å². The van der Waals surface area contributed by atoms with Crippen LogP contribution in [-0.4, -0.2) is 6.18 Å². The van der Waals surface area contributed by atoms with Crippen LogP contribution >= 0.6 is 11.6 Å². The molecule has 0 radical (unpaired) electrons. The fourth-order valence-electron chi connectivity index (χ4n) is 1.23. The molecule has 2 N–H and O–H groups in total. The van der Waals surface area contributed by atoms with Crippen molar-refractivity contribution in [3.63, 3.8) is 0 Å². The van der Waals surface area contributed by atoms with Crippen LogP contribution in [0.25, 0.3) is 0 Å². The average molecular weight is 256 g/mol. The van der Waals surface area contributed by atoms with E-state index in [4.69, 9.17) is 17.3 Å². The van der Waals surface area contributed by atoms with Crippen molar-refractivity contribution in [3.05, 3.63) is 34.6 Å². The minimum atomic E-state index is -4.25. The SMILES string of the molecule is N[C@H](CCC(F)(F)F)c1ccc(Cl)c(F)c1. The molecule has 1 atom stereocenters. The fourth-order valence-corrected chi connectivity index (χ4v) is 1.35. The van der Waals surface area contributed by atoms with Crippen LogP contribution in [0.2, 0.25) is 5.02 Å². The van der Waals surface area contributed by atoms with Crippen molar-refractivity contribution < 1.29 is 17.6 Å². The number of hydrogen-bond acceptors (Lipinski definition) is 1. The zero-order chi connectivity index (χ0) is 12.3. The molecule has 0 aliphatic heterocycles. The zero-order valence-corrected chi connectivity index (χ0v) is 8.95. The molecule has 1 rings (SSSR count). The van der Waals surface area contributed by atoms with E-state index in [0.717, 1.165) is 6.07 Å². The van der Waals surface area contributed by atoms with E-state index in [1.807, 2.05) is 0 Å². The van der Waals surface area contributed by atoms with Crippen LogP contribution in [0, 0.1) is 5.82 Å². The number of nitrogens with two attached hydrogens (primary N) is 1. The molecule has 1 aromatic carbocycles. The van der Waals surface area contributed by atoms with Crippen molar-refractivity contribution in [1.29, 1.82) is 0 Å². The Morgan fingerprint density at radius 2 is 1.94 bits per heavy atom. The number of rotatable bonds is 3. The van der Waals surface area contributed by atoms with Crippen LogP contribution in [-0.2, 0) is 0 Å². The molecule has 6 heteroatoms. The summed E-state index contributed by atoms with van der Waals surface area (Å²) in [4.78, 5) is 0. The summed E-state index contributed by atoms with van der Waals surface area (Å²) in [6, 6.07) is 2.92. The highest BCUT2D eigenvalue weighted by Crippen LogP contribution is 2.27. The van der Waals surface area contributed by atoms with Crippen molar-refractivity contribution in [2.24, 2.45) is 5.73 Å². The minimum absolute atomic E-state index is 0.0771. The minimum Gasteiger partial charge on any atom is -0.324 e. The van der Waals surface area contributed by atoms with Crippen molar-refractivity contribution >= 4 is 11.6 Å². The maximum absolute atomic E-state index is 13.0. The van der Waals surface area contributed by atoms with Gasteiger partial charge in [-0.25, -0.2) is 4.39 Å². The van der Waals surface area contributed by atoms with Crippen LogP contribution < -0.4 is 5.73 Å². The van der Waals surface area contributed by atoms with Gasteiger partial charge in [0.15, 0.2) is 0 Å². The Morgan fingerprint density at radius 3 is 2.44 bits per heavy atom. The summed E-state index contributed by atoms with van der Waals surface area (Å²) in [5.41, 5.74) is 5.82. The molecule has 16 heavy (non-hydrogen) atoms. The van der Waals surface area contributed by atoms with Gasteiger partial charge in [-0.1, -0.05) is 17.7 Å². The largest absolute Gasteiger partial charge is 0.389 e. The summed E-state index contributed by atoms with van der Waals surface area (Å²) in [5, 5.41) is -0.0771. The molecule has 0 aliphatic rings. The smallest absolute Gasteiger partial charge is 0.324 e. The third kappa shape index (κ3) is 3.98. The molecule has 0 unspecified atom stereocenters. The van der Waals surface area contributed by atoms with Crippen LogP contribution in [0.15, 0.2) is 18.2 Å². The summed E-state index contributed by atoms with van der Waals surface area (Å²) in [5.74, 6) is -0.679. The van der Waals surface area contributed by atoms with Crippen molar-refractivity contribution in [2.45, 2.75) is 25.1 Å². The number of alkyl halides is 3. The standard InChI is InChI=1S/C10H10ClF4N/c11-7-2-1-6(5-8(7)12)9(16)3-4-10(13,14)15/h1-2,5,9H,3-4,16H2/t9-/m1/s1. The average Bonchev–Trinajstić information content (AvgIpc) is 2.17. The van der Waals surface area contributed by atoms with Crippen LogP contribution in [0.1, 0.15) is 24.4 Å². The van der Waals surface area contributed by atoms with Gasteiger partial charge in [0.1, 0.15) is 5.82 Å². The van der Waals surface area contributed by atoms with Gasteiger partial charge in [0.05, 0.1) is 5.02 Å². The second kappa shape index (κ2) is 5.01. The van der Waals surface area contributed by atoms with Crippen molar-refractivity contribution in [1.82, 2.24) is 0 Å². The van der Waals surface area contributed by atoms with E-state index < -0.39 is 24.5 Å². The first kappa shape index (κ1) is 13.3. The lowest BCUT2D eigenvalue weighted by Gasteiger charge is -2.13. The molecule has 0 fully saturated rings. The lowest BCUT2D eigenvalue weighted by molar-refractivity contribution is -0.136. The quantitative estimate of drug-likeness (QED) is 0.817. The van der Waals surface area contributed by atoms with E-state index in [0.29, 0.717) is 5.56 Å². The lowest BCUT2D eigenvalue weighted by Crippen LogP contribution is -2.15. The molecule has 0 heterocycles. The first-order chi connectivity index (χ1) is 7.29. The molecule has 0 amide bonds. The van der Waals surface area contributed by atoms with Gasteiger partial charge >= 0.3 is 6.18 Å². The highest BCUT2D eigenvalue weighted by atomic mass is 35.5. The molecule has 0 saturated carbocycles. The molecule has 1 nitrogen and oxygen atoms in total. The van der Waals surface area contributed by atoms with Crippen LogP contribution in [0.3, 0.4) is 0 Å². The van der Waals surface area contributed by atoms with Crippen LogP contribution in [0.5, 0.6) is 0 Å². The Bertz CT molecular complexity index is 364. The van der Waals surface area contributed by atoms with Gasteiger partial charge in [0.25, 0.3) is 0 Å². The first-order valence-corrected chi connectivity index (χ1v) is 4.94. The Kier molecular flexibility index (Phi) is 4.15. The predicted octanol–water partition coefficient (Wildman–Crippen LogP) is 3.82. The van der Waals surface area contributed by atoms with Gasteiger partial charge in [-0.15, -0.1) is 0 Å². The van der Waals surface area contributed by atoms with Crippen molar-refractivity contribution in [3.8, 4) is 0 Å². The molecule has 0 saturated heterocycles. The number of benzene rings is 1. The fraction of sp³-hybridized carbons (Fsp3) is 0.400. The second-order valence-electron chi connectivity index (χ2n) is 3.43. The topological polar surface area (TPSA) is 26.0 Å². The van der Waals surface area contributed by atoms with E-state index in [1.54, 1.807) is 0 Å². The van der Waals surface area contributed by atoms with Gasteiger partial charge < -0.3 is 5.73 Å². The van der Waals surface area contributed by atoms with Gasteiger partial charge in [0.2, 0.25) is 0 Å². The van der Waals surface area contributed by atoms with Gasteiger partial charge in [-0.05, 0) is 24.1 Å². The van der Waals surface area contributed by atoms with Crippen molar-refractivity contribution in [2.75, 3.05) is 0 Å². The molecule has 0 spiro atoms. The molecule has 90 valence electrons. The molecular formula is C10H10ClF4N. The van der Waals surface area contributed by atoms with Gasteiger partial charge in [-0.3, -0.25) is 0 Å². The summed E-state index contributed by atoms with van der Waals surface area (Å²) < 4.78 is 48.8. The number of halogens is 5. The normalized spacial score (nSPS) is 13.9. The highest BCUT2D eigenvalue weighted by molar-refractivity contribution is 6.30. The first-order valence-electron chi connectivity index (χ1n) is 4.57. The number of hydrogen-bond donors (Lipinski definition) is 1. The maximum Gasteiger partial charge on any atom is 0.389 e. The molecular weight excluding hydrogens is 246 g/mol. The Morgan fingerprint density at radius 1 is 1.31 bits per heavy atom. The van der Waals surface area contributed by atoms with E-state index in [1.165, 1.54) is 12.1 Å². The summed E-state index contributed by atoms with van der Waals surface area (Å²) in [6.45, 7) is 0. The zero-order valence-electron chi connectivity index (χ0n) is 8.19. The predicted molar refractivity (Wildman–Crippen MR) is 53.6 cm³/mol. The summed E-state index contributed by atoms with van der Waals surface area (Å²) in [6.07, 6.45) is -5.51. The van der Waals surface area contributed by atoms with Crippen LogP contribution in [0.4, 0.5) is 17.6 Å². The summed E-state index contributed by atoms with van der Waals surface area (Å²) >= 11 is 5.44. The Hall–Kier alpha value is -0.810. The third-order valence-electron chi connectivity index (χ3n) is 2.11. The molecule has 1 aromatic rings. The van der Waals surface area contributed by atoms with Gasteiger partial charge in [-0.2, -0.15) is 13.2 Å². The monoisotopic (exact) mass is 255 g/mol. The summed E-state index contributed by atoms with van der Waals surface area (Å²) in [7, 11) is 0. The molecule has 0 aromatic heterocycles.